The fraction of sp³-hybridized carbons (Fsp3) is 0.333. The topological polar surface area (TPSA) is 48.3 Å². The van der Waals surface area contributed by atoms with Crippen molar-refractivity contribution in [1.29, 1.82) is 0 Å². The number of aromatic nitrogens is 1. The van der Waals surface area contributed by atoms with E-state index in [1.54, 1.807) is 26.0 Å². The van der Waals surface area contributed by atoms with Crippen molar-refractivity contribution in [3.05, 3.63) is 34.7 Å². The molecule has 0 N–H and O–H groups in total. The Morgan fingerprint density at radius 1 is 1.46 bits per heavy atom. The van der Waals surface area contributed by atoms with Crippen LogP contribution in [-0.4, -0.2) is 10.7 Å². The van der Waals surface area contributed by atoms with Crippen molar-refractivity contribution < 1.29 is 9.63 Å². The molecule has 1 aromatic rings. The standard InChI is InChI=1S/C9H11NO3/c1-7(2)9(12)13-10-6-4-3-5-8(10)11/h3-7H,1-2H3. The van der Waals surface area contributed by atoms with Gasteiger partial charge in [0.05, 0.1) is 5.92 Å². The molecule has 1 rings (SSSR count). The van der Waals surface area contributed by atoms with E-state index in [4.69, 9.17) is 4.84 Å². The van der Waals surface area contributed by atoms with E-state index in [2.05, 4.69) is 0 Å². The van der Waals surface area contributed by atoms with Gasteiger partial charge < -0.3 is 4.84 Å². The summed E-state index contributed by atoms with van der Waals surface area (Å²) in [4.78, 5) is 26.9. The van der Waals surface area contributed by atoms with E-state index in [-0.39, 0.29) is 11.5 Å². The second-order valence-electron chi connectivity index (χ2n) is 2.93. The molecule has 0 atom stereocenters. The molecule has 0 spiro atoms. The SMILES string of the molecule is CC(C)C(=O)On1ccccc1=O. The van der Waals surface area contributed by atoms with Gasteiger partial charge in [-0.3, -0.25) is 4.79 Å². The Bertz CT molecular complexity index is 354. The first kappa shape index (κ1) is 9.51. The summed E-state index contributed by atoms with van der Waals surface area (Å²) in [6.45, 7) is 3.41. The van der Waals surface area contributed by atoms with E-state index in [0.29, 0.717) is 0 Å². The molecule has 0 aliphatic carbocycles. The highest BCUT2D eigenvalue weighted by atomic mass is 16.7. The molecule has 0 bridgehead atoms. The lowest BCUT2D eigenvalue weighted by Gasteiger charge is -2.06. The van der Waals surface area contributed by atoms with Crippen LogP contribution in [0.2, 0.25) is 0 Å². The van der Waals surface area contributed by atoms with Gasteiger partial charge in [0.2, 0.25) is 0 Å². The largest absolute Gasteiger partial charge is 0.335 e. The van der Waals surface area contributed by atoms with Crippen LogP contribution in [0.3, 0.4) is 0 Å². The molecule has 0 aliphatic heterocycles. The molecule has 0 fully saturated rings. The van der Waals surface area contributed by atoms with Gasteiger partial charge >= 0.3 is 5.97 Å². The number of carbonyl (C=O) groups is 1. The van der Waals surface area contributed by atoms with E-state index in [1.807, 2.05) is 0 Å². The lowest BCUT2D eigenvalue weighted by atomic mass is 10.2. The minimum atomic E-state index is -0.423. The Morgan fingerprint density at radius 3 is 2.69 bits per heavy atom. The van der Waals surface area contributed by atoms with Gasteiger partial charge in [0.15, 0.2) is 0 Å². The van der Waals surface area contributed by atoms with Crippen molar-refractivity contribution in [2.24, 2.45) is 5.92 Å². The number of nitrogens with zero attached hydrogens (tertiary/aromatic N) is 1. The van der Waals surface area contributed by atoms with Crippen LogP contribution >= 0.6 is 0 Å². The lowest BCUT2D eigenvalue weighted by molar-refractivity contribution is -0.148. The maximum Gasteiger partial charge on any atom is 0.335 e. The monoisotopic (exact) mass is 181 g/mol. The smallest absolute Gasteiger partial charge is 0.333 e. The lowest BCUT2D eigenvalue weighted by Crippen LogP contribution is -2.31. The molecule has 70 valence electrons. The van der Waals surface area contributed by atoms with E-state index < -0.39 is 5.97 Å². The van der Waals surface area contributed by atoms with E-state index >= 15 is 0 Å². The molecular weight excluding hydrogens is 170 g/mol. The predicted molar refractivity (Wildman–Crippen MR) is 47.1 cm³/mol. The van der Waals surface area contributed by atoms with Crippen molar-refractivity contribution in [3.63, 3.8) is 0 Å². The summed E-state index contributed by atoms with van der Waals surface area (Å²) in [5.74, 6) is -0.666. The third kappa shape index (κ3) is 2.43. The predicted octanol–water partition coefficient (Wildman–Crippen LogP) is 0.459. The molecule has 4 nitrogen and oxygen atoms in total. The number of hydrogen-bond acceptors (Lipinski definition) is 3. The minimum Gasteiger partial charge on any atom is -0.333 e. The van der Waals surface area contributed by atoms with Gasteiger partial charge in [-0.25, -0.2) is 4.79 Å². The Balaban J connectivity index is 2.81. The summed E-state index contributed by atoms with van der Waals surface area (Å²) in [6.07, 6.45) is 1.41. The third-order valence-corrected chi connectivity index (χ3v) is 1.45. The van der Waals surface area contributed by atoms with Crippen molar-refractivity contribution in [1.82, 2.24) is 4.73 Å². The molecule has 0 saturated carbocycles. The molecular formula is C9H11NO3. The Labute approximate surface area is 75.7 Å². The maximum absolute atomic E-state index is 11.1. The van der Waals surface area contributed by atoms with Crippen molar-refractivity contribution in [3.8, 4) is 0 Å². The molecule has 0 aliphatic rings. The van der Waals surface area contributed by atoms with Gasteiger partial charge in [-0.1, -0.05) is 19.9 Å². The molecule has 1 heterocycles. The summed E-state index contributed by atoms with van der Waals surface area (Å²) in [7, 11) is 0. The zero-order chi connectivity index (χ0) is 9.84. The highest BCUT2D eigenvalue weighted by Gasteiger charge is 2.09. The Hall–Kier alpha value is -1.58. The number of hydrogen-bond donors (Lipinski definition) is 0. The molecule has 0 saturated heterocycles. The second-order valence-corrected chi connectivity index (χ2v) is 2.93. The molecule has 0 unspecified atom stereocenters. The van der Waals surface area contributed by atoms with Crippen molar-refractivity contribution >= 4 is 5.97 Å². The number of pyridine rings is 1. The summed E-state index contributed by atoms with van der Waals surface area (Å²) < 4.78 is 0.919. The van der Waals surface area contributed by atoms with Gasteiger partial charge in [-0.05, 0) is 6.07 Å². The fourth-order valence-corrected chi connectivity index (χ4v) is 0.690. The van der Waals surface area contributed by atoms with E-state index in [0.717, 1.165) is 4.73 Å². The summed E-state index contributed by atoms with van der Waals surface area (Å²) in [5, 5.41) is 0. The summed E-state index contributed by atoms with van der Waals surface area (Å²) in [5.41, 5.74) is -0.350. The summed E-state index contributed by atoms with van der Waals surface area (Å²) in [6, 6.07) is 4.53. The van der Waals surface area contributed by atoms with Crippen LogP contribution in [0.5, 0.6) is 0 Å². The highest BCUT2D eigenvalue weighted by molar-refractivity contribution is 5.71. The van der Waals surface area contributed by atoms with Gasteiger partial charge in [0.1, 0.15) is 0 Å². The zero-order valence-corrected chi connectivity index (χ0v) is 7.56. The number of rotatable bonds is 2. The van der Waals surface area contributed by atoms with Gasteiger partial charge in [-0.15, -0.1) is 4.73 Å². The molecule has 13 heavy (non-hydrogen) atoms. The van der Waals surface area contributed by atoms with Crippen LogP contribution < -0.4 is 10.4 Å². The van der Waals surface area contributed by atoms with Crippen LogP contribution in [0.4, 0.5) is 0 Å². The first-order valence-corrected chi connectivity index (χ1v) is 4.01. The first-order chi connectivity index (χ1) is 6.11. The average molecular weight is 181 g/mol. The van der Waals surface area contributed by atoms with E-state index in [1.165, 1.54) is 12.3 Å². The van der Waals surface area contributed by atoms with Gasteiger partial charge in [0, 0.05) is 12.3 Å². The average Bonchev–Trinajstić information content (AvgIpc) is 2.08. The number of carbonyl (C=O) groups excluding carboxylic acids is 1. The summed E-state index contributed by atoms with van der Waals surface area (Å²) >= 11 is 0. The molecule has 0 aromatic carbocycles. The first-order valence-electron chi connectivity index (χ1n) is 4.01. The Morgan fingerprint density at radius 2 is 2.15 bits per heavy atom. The van der Waals surface area contributed by atoms with Crippen molar-refractivity contribution in [2.45, 2.75) is 13.8 Å². The quantitative estimate of drug-likeness (QED) is 0.666. The minimum absolute atomic E-state index is 0.243. The molecule has 1 aromatic heterocycles. The second kappa shape index (κ2) is 3.89. The van der Waals surface area contributed by atoms with Crippen LogP contribution in [0.1, 0.15) is 13.8 Å². The zero-order valence-electron chi connectivity index (χ0n) is 7.56. The maximum atomic E-state index is 11.1. The van der Waals surface area contributed by atoms with Crippen molar-refractivity contribution in [2.75, 3.05) is 0 Å². The molecule has 0 amide bonds. The third-order valence-electron chi connectivity index (χ3n) is 1.45. The normalized spacial score (nSPS) is 10.1. The van der Waals surface area contributed by atoms with Crippen LogP contribution in [0, 0.1) is 5.92 Å². The highest BCUT2D eigenvalue weighted by Crippen LogP contribution is 1.92. The molecule has 4 heteroatoms. The van der Waals surface area contributed by atoms with Crippen LogP contribution in [0.25, 0.3) is 0 Å². The van der Waals surface area contributed by atoms with E-state index in [9.17, 15) is 9.59 Å². The van der Waals surface area contributed by atoms with Crippen LogP contribution in [-0.2, 0) is 4.79 Å². The molecule has 0 radical (unpaired) electrons. The van der Waals surface area contributed by atoms with Gasteiger partial charge in [-0.2, -0.15) is 0 Å². The van der Waals surface area contributed by atoms with Crippen LogP contribution in [0.15, 0.2) is 29.2 Å². The van der Waals surface area contributed by atoms with Gasteiger partial charge in [0.25, 0.3) is 5.56 Å². The Kier molecular flexibility index (Phi) is 2.84. The fourth-order valence-electron chi connectivity index (χ4n) is 0.690.